The van der Waals surface area contributed by atoms with Crippen molar-refractivity contribution >= 4 is 17.9 Å². The second-order valence-corrected chi connectivity index (χ2v) is 9.76. The molecule has 2 aliphatic heterocycles. The monoisotopic (exact) mass is 574 g/mol. The molecule has 0 radical (unpaired) electrons. The molecule has 2 aliphatic rings. The van der Waals surface area contributed by atoms with Crippen molar-refractivity contribution in [3.63, 3.8) is 0 Å². The normalized spacial score (nSPS) is 34.0. The van der Waals surface area contributed by atoms with Gasteiger partial charge in [0, 0.05) is 0 Å². The fourth-order valence-electron chi connectivity index (χ4n) is 4.14. The first-order chi connectivity index (χ1) is 18.8. The Morgan fingerprint density at radius 1 is 0.925 bits per heavy atom. The molecule has 7 N–H and O–H groups in total. The molecule has 0 amide bonds. The van der Waals surface area contributed by atoms with Crippen LogP contribution in [0.2, 0.25) is 0 Å². The highest BCUT2D eigenvalue weighted by Gasteiger charge is 2.59. The fourth-order valence-corrected chi connectivity index (χ4v) is 4.14. The molecule has 15 nitrogen and oxygen atoms in total. The minimum atomic E-state index is -2.45. The molecule has 0 saturated carbocycles. The molecule has 0 aromatic heterocycles. The van der Waals surface area contributed by atoms with Crippen molar-refractivity contribution in [2.75, 3.05) is 19.8 Å². The molecule has 40 heavy (non-hydrogen) atoms. The number of carbonyl (C=O) groups is 3. The van der Waals surface area contributed by atoms with Gasteiger partial charge in [-0.1, -0.05) is 32.0 Å². The zero-order chi connectivity index (χ0) is 29.8. The van der Waals surface area contributed by atoms with E-state index in [1.165, 1.54) is 24.3 Å². The zero-order valence-electron chi connectivity index (χ0n) is 21.7. The van der Waals surface area contributed by atoms with Crippen molar-refractivity contribution in [2.24, 2.45) is 5.92 Å². The average molecular weight is 575 g/mol. The molecule has 1 aromatic rings. The van der Waals surface area contributed by atoms with E-state index in [0.717, 1.165) is 0 Å². The molecular formula is C25H34O15. The van der Waals surface area contributed by atoms with E-state index in [0.29, 0.717) is 0 Å². The lowest BCUT2D eigenvalue weighted by Crippen LogP contribution is -2.62. The lowest BCUT2D eigenvalue weighted by Gasteiger charge is -2.43. The van der Waals surface area contributed by atoms with Crippen molar-refractivity contribution < 1.29 is 73.8 Å². The summed E-state index contributed by atoms with van der Waals surface area (Å²) in [6.45, 7) is 0.560. The van der Waals surface area contributed by atoms with Gasteiger partial charge in [-0.2, -0.15) is 0 Å². The lowest BCUT2D eigenvalue weighted by atomic mass is 9.99. The molecule has 1 aromatic carbocycles. The summed E-state index contributed by atoms with van der Waals surface area (Å²) in [5.41, 5.74) is 0.0627. The van der Waals surface area contributed by atoms with Crippen molar-refractivity contribution in [1.29, 1.82) is 0 Å². The second kappa shape index (κ2) is 13.4. The van der Waals surface area contributed by atoms with Gasteiger partial charge in [0.25, 0.3) is 0 Å². The van der Waals surface area contributed by atoms with E-state index in [-0.39, 0.29) is 11.1 Å². The predicted octanol–water partition coefficient (Wildman–Crippen LogP) is -3.26. The highest BCUT2D eigenvalue weighted by molar-refractivity contribution is 5.99. The van der Waals surface area contributed by atoms with Gasteiger partial charge in [-0.25, -0.2) is 4.79 Å². The van der Waals surface area contributed by atoms with Crippen LogP contribution < -0.4 is 0 Å². The second-order valence-electron chi connectivity index (χ2n) is 9.76. The first-order valence-corrected chi connectivity index (χ1v) is 12.5. The third-order valence-electron chi connectivity index (χ3n) is 6.52. The summed E-state index contributed by atoms with van der Waals surface area (Å²) in [6, 6.07) is 5.78. The first-order valence-electron chi connectivity index (χ1n) is 12.5. The smallest absolute Gasteiger partial charge is 0.346 e. The summed E-state index contributed by atoms with van der Waals surface area (Å²) in [7, 11) is 0. The molecule has 0 spiro atoms. The Balaban J connectivity index is 1.77. The predicted molar refractivity (Wildman–Crippen MR) is 128 cm³/mol. The van der Waals surface area contributed by atoms with E-state index < -0.39 is 105 Å². The number of benzene rings is 1. The van der Waals surface area contributed by atoms with Crippen LogP contribution in [0.25, 0.3) is 0 Å². The Labute approximate surface area is 228 Å². The molecule has 2 heterocycles. The minimum absolute atomic E-state index is 0.0753. The van der Waals surface area contributed by atoms with Gasteiger partial charge in [0.1, 0.15) is 49.3 Å². The van der Waals surface area contributed by atoms with Gasteiger partial charge in [0.2, 0.25) is 5.79 Å². The van der Waals surface area contributed by atoms with Gasteiger partial charge >= 0.3 is 17.9 Å². The Morgan fingerprint density at radius 2 is 1.57 bits per heavy atom. The van der Waals surface area contributed by atoms with Gasteiger partial charge < -0.3 is 59.4 Å². The third-order valence-corrected chi connectivity index (χ3v) is 6.52. The van der Waals surface area contributed by atoms with E-state index in [9.17, 15) is 50.1 Å². The number of hydrogen-bond donors (Lipinski definition) is 7. The Morgan fingerprint density at radius 3 is 2.17 bits per heavy atom. The van der Waals surface area contributed by atoms with Crippen LogP contribution in [-0.2, 0) is 39.7 Å². The molecular weight excluding hydrogens is 540 g/mol. The van der Waals surface area contributed by atoms with Crippen LogP contribution in [-0.4, -0.2) is 128 Å². The van der Waals surface area contributed by atoms with Crippen molar-refractivity contribution in [3.8, 4) is 0 Å². The van der Waals surface area contributed by atoms with Crippen molar-refractivity contribution in [1.82, 2.24) is 0 Å². The van der Waals surface area contributed by atoms with Crippen LogP contribution in [0.5, 0.6) is 0 Å². The Kier molecular flexibility index (Phi) is 10.7. The van der Waals surface area contributed by atoms with Crippen molar-refractivity contribution in [3.05, 3.63) is 35.4 Å². The van der Waals surface area contributed by atoms with E-state index in [4.69, 9.17) is 23.7 Å². The van der Waals surface area contributed by atoms with Crippen LogP contribution in [0.3, 0.4) is 0 Å². The summed E-state index contributed by atoms with van der Waals surface area (Å²) in [5, 5.41) is 70.4. The maximum atomic E-state index is 12.8. The maximum absolute atomic E-state index is 12.8. The van der Waals surface area contributed by atoms with Crippen LogP contribution in [0.15, 0.2) is 24.3 Å². The molecule has 0 unspecified atom stereocenters. The fraction of sp³-hybridized carbons (Fsp3) is 0.640. The van der Waals surface area contributed by atoms with E-state index in [2.05, 4.69) is 0 Å². The quantitative estimate of drug-likeness (QED) is 0.107. The molecule has 2 saturated heterocycles. The number of aliphatic hydroxyl groups excluding tert-OH is 7. The summed E-state index contributed by atoms with van der Waals surface area (Å²) in [5.74, 6) is -5.74. The van der Waals surface area contributed by atoms with E-state index in [1.54, 1.807) is 13.8 Å². The highest BCUT2D eigenvalue weighted by atomic mass is 16.8. The molecule has 9 atom stereocenters. The zero-order valence-corrected chi connectivity index (χ0v) is 21.7. The summed E-state index contributed by atoms with van der Waals surface area (Å²) in [4.78, 5) is 37.1. The summed E-state index contributed by atoms with van der Waals surface area (Å²) in [6.07, 6.45) is -14.4. The van der Waals surface area contributed by atoms with Gasteiger partial charge in [-0.3, -0.25) is 9.59 Å². The molecule has 3 rings (SSSR count). The Bertz CT molecular complexity index is 1040. The number of ether oxygens (including phenoxy) is 5. The average Bonchev–Trinajstić information content (AvgIpc) is 3.17. The maximum Gasteiger partial charge on any atom is 0.346 e. The number of carbonyl (C=O) groups excluding carboxylic acids is 3. The largest absolute Gasteiger partial charge is 0.460 e. The molecule has 0 aliphatic carbocycles. The van der Waals surface area contributed by atoms with Gasteiger partial charge in [0.05, 0.1) is 31.1 Å². The Hall–Kier alpha value is -2.57. The molecule has 2 fully saturated rings. The summed E-state index contributed by atoms with van der Waals surface area (Å²) >= 11 is 0. The third kappa shape index (κ3) is 6.83. The molecule has 15 heteroatoms. The van der Waals surface area contributed by atoms with Crippen molar-refractivity contribution in [2.45, 2.75) is 75.1 Å². The van der Waals surface area contributed by atoms with Gasteiger partial charge in [-0.15, -0.1) is 0 Å². The molecule has 224 valence electrons. The standard InChI is InChI=1S/C25H34O15/c1-11(2)22(34)38-23(35)13-6-4-3-5-12(13)7-16(28)36-10-25(21(33)18(30)15(9-27)39-25)40-24-20(32)19(31)17(29)14(8-26)37-24/h3-6,11,14-15,17-21,24,26-27,29-33H,7-10H2,1-2H3/t14-,15-,17-,18-,19+,20-,21+,24-,25+/m1/s1. The van der Waals surface area contributed by atoms with Crippen LogP contribution in [0.1, 0.15) is 29.8 Å². The SMILES string of the molecule is CC(C)C(=O)OC(=O)c1ccccc1CC(=O)OC[C@@]1(O[C@H]2O[C@H](CO)[C@@H](O)[C@H](O)[C@H]2O)O[C@H](CO)[C@@H](O)[C@@H]1O. The van der Waals surface area contributed by atoms with E-state index >= 15 is 0 Å². The van der Waals surface area contributed by atoms with E-state index in [1.807, 2.05) is 0 Å². The molecule has 0 bridgehead atoms. The minimum Gasteiger partial charge on any atom is -0.460 e. The topological polar surface area (TPSA) is 239 Å². The lowest BCUT2D eigenvalue weighted by molar-refractivity contribution is -0.383. The number of rotatable bonds is 10. The summed E-state index contributed by atoms with van der Waals surface area (Å²) < 4.78 is 26.3. The van der Waals surface area contributed by atoms with Crippen LogP contribution in [0, 0.1) is 5.92 Å². The van der Waals surface area contributed by atoms with Crippen LogP contribution in [0.4, 0.5) is 0 Å². The van der Waals surface area contributed by atoms with Crippen LogP contribution >= 0.6 is 0 Å². The first kappa shape index (κ1) is 32.0. The van der Waals surface area contributed by atoms with Gasteiger partial charge in [-0.05, 0) is 11.6 Å². The van der Waals surface area contributed by atoms with Gasteiger partial charge in [0.15, 0.2) is 6.29 Å². The highest BCUT2D eigenvalue weighted by Crippen LogP contribution is 2.36. The number of esters is 3. The number of hydrogen-bond acceptors (Lipinski definition) is 15. The number of aliphatic hydroxyl groups is 7.